The molecular weight excluding hydrogens is 467 g/mol. The number of carbonyl (C=O) groups is 2. The number of aromatic nitrogens is 1. The van der Waals surface area contributed by atoms with Crippen LogP contribution >= 0.6 is 23.2 Å². The summed E-state index contributed by atoms with van der Waals surface area (Å²) in [4.78, 5) is 36.1. The molecule has 1 heterocycles. The van der Waals surface area contributed by atoms with Crippen LogP contribution in [0.15, 0.2) is 53.7 Å². The van der Waals surface area contributed by atoms with E-state index >= 15 is 0 Å². The van der Waals surface area contributed by atoms with Gasteiger partial charge in [-0.05, 0) is 23.8 Å². The highest BCUT2D eigenvalue weighted by molar-refractivity contribution is 6.39. The molecule has 1 aromatic heterocycles. The number of halogens is 2. The molecule has 0 aliphatic rings. The van der Waals surface area contributed by atoms with Crippen molar-refractivity contribution in [2.45, 2.75) is 13.5 Å². The van der Waals surface area contributed by atoms with Crippen molar-refractivity contribution in [1.82, 2.24) is 15.8 Å². The van der Waals surface area contributed by atoms with Gasteiger partial charge in [0.2, 0.25) is 5.91 Å². The van der Waals surface area contributed by atoms with Crippen LogP contribution in [0.4, 0.5) is 5.69 Å². The van der Waals surface area contributed by atoms with Crippen molar-refractivity contribution in [3.63, 3.8) is 0 Å². The minimum absolute atomic E-state index is 0.0925. The predicted molar refractivity (Wildman–Crippen MR) is 131 cm³/mol. The molecule has 0 unspecified atom stereocenters. The summed E-state index contributed by atoms with van der Waals surface area (Å²) in [5, 5.41) is 6.51. The van der Waals surface area contributed by atoms with E-state index in [0.29, 0.717) is 16.9 Å². The zero-order chi connectivity index (χ0) is 24.0. The van der Waals surface area contributed by atoms with E-state index in [1.807, 2.05) is 24.3 Å². The van der Waals surface area contributed by atoms with Gasteiger partial charge in [0.05, 0.1) is 35.1 Å². The van der Waals surface area contributed by atoms with Gasteiger partial charge in [-0.2, -0.15) is 0 Å². The topological polar surface area (TPSA) is 134 Å². The van der Waals surface area contributed by atoms with Gasteiger partial charge in [0.1, 0.15) is 0 Å². The van der Waals surface area contributed by atoms with E-state index in [9.17, 15) is 9.59 Å². The largest absolute Gasteiger partial charge is 0.370 e. The summed E-state index contributed by atoms with van der Waals surface area (Å²) in [5.41, 5.74) is 11.6. The fourth-order valence-electron chi connectivity index (χ4n) is 3.09. The van der Waals surface area contributed by atoms with E-state index in [2.05, 4.69) is 26.1 Å². The Hall–Kier alpha value is -3.53. The third-order valence-electron chi connectivity index (χ3n) is 4.45. The summed E-state index contributed by atoms with van der Waals surface area (Å²) in [6.45, 7) is 1.47. The van der Waals surface area contributed by atoms with Crippen LogP contribution in [0.5, 0.6) is 0 Å². The highest BCUT2D eigenvalue weighted by Gasteiger charge is 2.12. The summed E-state index contributed by atoms with van der Waals surface area (Å²) in [5.74, 6) is -0.886. The molecular formula is C22H22Cl2N6O3. The Kier molecular flexibility index (Phi) is 7.94. The zero-order valence-electron chi connectivity index (χ0n) is 17.8. The monoisotopic (exact) mass is 488 g/mol. The first kappa shape index (κ1) is 24.1. The number of aromatic amines is 1. The maximum atomic E-state index is 12.5. The molecule has 9 nitrogen and oxygen atoms in total. The number of hydrogen-bond acceptors (Lipinski definition) is 5. The van der Waals surface area contributed by atoms with Crippen LogP contribution in [0.1, 0.15) is 18.1 Å². The molecule has 3 aromatic rings. The van der Waals surface area contributed by atoms with Crippen LogP contribution in [-0.4, -0.2) is 29.9 Å². The van der Waals surface area contributed by atoms with Gasteiger partial charge in [0.15, 0.2) is 5.96 Å². The maximum absolute atomic E-state index is 12.5. The minimum atomic E-state index is -0.502. The number of aliphatic imine (C=N–C) groups is 1. The number of nitrogens with one attached hydrogen (secondary N) is 4. The summed E-state index contributed by atoms with van der Waals surface area (Å²) in [6.07, 6.45) is 3.09. The van der Waals surface area contributed by atoms with E-state index < -0.39 is 5.91 Å². The molecule has 6 N–H and O–H groups in total. The molecule has 11 heteroatoms. The van der Waals surface area contributed by atoms with E-state index in [4.69, 9.17) is 33.8 Å². The lowest BCUT2D eigenvalue weighted by Gasteiger charge is -2.10. The third-order valence-corrected chi connectivity index (χ3v) is 5.05. The van der Waals surface area contributed by atoms with E-state index in [1.54, 1.807) is 18.3 Å². The quantitative estimate of drug-likeness (QED) is 0.150. The molecule has 0 saturated heterocycles. The fraction of sp³-hybridized carbons (Fsp3) is 0.136. The molecule has 172 valence electrons. The third kappa shape index (κ3) is 6.26. The summed E-state index contributed by atoms with van der Waals surface area (Å²) < 4.78 is 0. The molecule has 2 aromatic carbocycles. The van der Waals surface area contributed by atoms with Crippen molar-refractivity contribution in [3.05, 3.63) is 69.8 Å². The van der Waals surface area contributed by atoms with Crippen molar-refractivity contribution in [2.24, 2.45) is 10.7 Å². The van der Waals surface area contributed by atoms with Gasteiger partial charge in [0.25, 0.3) is 5.91 Å². The number of amides is 2. The Bertz CT molecular complexity index is 1230. The van der Waals surface area contributed by atoms with Gasteiger partial charge in [0, 0.05) is 35.7 Å². The lowest BCUT2D eigenvalue weighted by Crippen LogP contribution is -2.36. The predicted octanol–water partition coefficient (Wildman–Crippen LogP) is 3.56. The lowest BCUT2D eigenvalue weighted by atomic mass is 10.1. The standard InChI is InChI=1S/C22H22Cl2N6O3/c1-12(31)28-21-16(23)7-13(8-17(21)24)10-27-22(25)29-20(32)9-19(30-33-2)15-11-26-18-6-4-3-5-14(15)18/h3-9,11,26,30H,10H2,1-2H3,(H,28,31)(H3,25,27,29,32). The Morgan fingerprint density at radius 2 is 1.91 bits per heavy atom. The van der Waals surface area contributed by atoms with Gasteiger partial charge in [-0.3, -0.25) is 25.2 Å². The van der Waals surface area contributed by atoms with Crippen molar-refractivity contribution in [2.75, 3.05) is 12.4 Å². The number of H-pyrrole nitrogens is 1. The molecule has 0 atom stereocenters. The second-order valence-electron chi connectivity index (χ2n) is 6.92. The van der Waals surface area contributed by atoms with Crippen LogP contribution in [-0.2, 0) is 21.0 Å². The van der Waals surface area contributed by atoms with Crippen LogP contribution < -0.4 is 21.8 Å². The number of para-hydroxylation sites is 1. The highest BCUT2D eigenvalue weighted by Crippen LogP contribution is 2.32. The number of anilines is 1. The Balaban J connectivity index is 1.72. The Labute approximate surface area is 199 Å². The van der Waals surface area contributed by atoms with Crippen molar-refractivity contribution >= 4 is 63.3 Å². The highest BCUT2D eigenvalue weighted by atomic mass is 35.5. The molecule has 3 rings (SSSR count). The first-order valence-electron chi connectivity index (χ1n) is 9.72. The number of carbonyl (C=O) groups excluding carboxylic acids is 2. The second-order valence-corrected chi connectivity index (χ2v) is 7.73. The first-order valence-corrected chi connectivity index (χ1v) is 10.5. The van der Waals surface area contributed by atoms with Gasteiger partial charge in [-0.1, -0.05) is 41.4 Å². The van der Waals surface area contributed by atoms with Gasteiger partial charge in [-0.15, -0.1) is 0 Å². The molecule has 33 heavy (non-hydrogen) atoms. The van der Waals surface area contributed by atoms with Gasteiger partial charge >= 0.3 is 0 Å². The number of hydrogen-bond donors (Lipinski definition) is 5. The molecule has 0 aliphatic heterocycles. The fourth-order valence-corrected chi connectivity index (χ4v) is 3.72. The SMILES string of the molecule is CONC(=CC(=O)NC(N)=NCc1cc(Cl)c(NC(C)=O)c(Cl)c1)c1c[nH]c2ccccc12. The van der Waals surface area contributed by atoms with Crippen LogP contribution in [0.2, 0.25) is 10.0 Å². The van der Waals surface area contributed by atoms with Gasteiger partial charge < -0.3 is 16.0 Å². The average molecular weight is 489 g/mol. The Morgan fingerprint density at radius 3 is 2.58 bits per heavy atom. The van der Waals surface area contributed by atoms with Crippen molar-refractivity contribution in [3.8, 4) is 0 Å². The number of guanidine groups is 1. The average Bonchev–Trinajstić information content (AvgIpc) is 3.18. The number of nitrogens with zero attached hydrogens (tertiary/aromatic N) is 1. The van der Waals surface area contributed by atoms with E-state index in [-0.39, 0.29) is 28.5 Å². The maximum Gasteiger partial charge on any atom is 0.252 e. The van der Waals surface area contributed by atoms with Crippen LogP contribution in [0, 0.1) is 0 Å². The van der Waals surface area contributed by atoms with Gasteiger partial charge in [-0.25, -0.2) is 4.99 Å². The summed E-state index contributed by atoms with van der Waals surface area (Å²) >= 11 is 12.4. The summed E-state index contributed by atoms with van der Waals surface area (Å²) in [7, 11) is 1.45. The van der Waals surface area contributed by atoms with Crippen LogP contribution in [0.3, 0.4) is 0 Å². The number of hydroxylamine groups is 1. The van der Waals surface area contributed by atoms with Crippen LogP contribution in [0.25, 0.3) is 16.6 Å². The minimum Gasteiger partial charge on any atom is -0.370 e. The molecule has 0 spiro atoms. The Morgan fingerprint density at radius 1 is 1.21 bits per heavy atom. The van der Waals surface area contributed by atoms with Crippen molar-refractivity contribution < 1.29 is 14.4 Å². The normalized spacial score (nSPS) is 12.0. The summed E-state index contributed by atoms with van der Waals surface area (Å²) in [6, 6.07) is 10.9. The molecule has 2 amide bonds. The van der Waals surface area contributed by atoms with E-state index in [0.717, 1.165) is 16.5 Å². The molecule has 0 fully saturated rings. The number of benzene rings is 2. The van der Waals surface area contributed by atoms with E-state index in [1.165, 1.54) is 20.1 Å². The molecule has 0 bridgehead atoms. The number of nitrogens with two attached hydrogens (primary N) is 1. The molecule has 0 saturated carbocycles. The smallest absolute Gasteiger partial charge is 0.252 e. The zero-order valence-corrected chi connectivity index (χ0v) is 19.3. The second kappa shape index (κ2) is 10.9. The van der Waals surface area contributed by atoms with Crippen molar-refractivity contribution in [1.29, 1.82) is 0 Å². The first-order chi connectivity index (χ1) is 15.8. The number of fused-ring (bicyclic) bond motifs is 1. The molecule has 0 radical (unpaired) electrons. The molecule has 0 aliphatic carbocycles. The number of rotatable bonds is 7. The lowest BCUT2D eigenvalue weighted by molar-refractivity contribution is -0.115.